The van der Waals surface area contributed by atoms with Crippen molar-refractivity contribution in [3.63, 3.8) is 0 Å². The van der Waals surface area contributed by atoms with E-state index in [0.717, 1.165) is 5.56 Å². The van der Waals surface area contributed by atoms with Gasteiger partial charge in [-0.3, -0.25) is 0 Å². The Labute approximate surface area is 134 Å². The number of nitriles is 1. The molecule has 0 atom stereocenters. The quantitative estimate of drug-likeness (QED) is 0.908. The highest BCUT2D eigenvalue weighted by Gasteiger charge is 2.06. The highest BCUT2D eigenvalue weighted by Crippen LogP contribution is 2.16. The van der Waals surface area contributed by atoms with E-state index in [-0.39, 0.29) is 5.69 Å². The second kappa shape index (κ2) is 6.77. The lowest BCUT2D eigenvalue weighted by molar-refractivity contribution is 0.602. The van der Waals surface area contributed by atoms with E-state index in [4.69, 9.17) is 16.9 Å². The maximum absolute atomic E-state index is 11.4. The van der Waals surface area contributed by atoms with E-state index in [2.05, 4.69) is 10.3 Å². The van der Waals surface area contributed by atoms with E-state index in [1.807, 2.05) is 6.07 Å². The smallest absolute Gasteiger partial charge is 0.175 e. The van der Waals surface area contributed by atoms with Gasteiger partial charge in [-0.15, -0.1) is 0 Å². The van der Waals surface area contributed by atoms with Gasteiger partial charge in [0.05, 0.1) is 9.92 Å². The molecule has 1 aromatic carbocycles. The summed E-state index contributed by atoms with van der Waals surface area (Å²) in [4.78, 5) is 4.39. The van der Waals surface area contributed by atoms with Crippen LogP contribution in [0.2, 0.25) is 5.02 Å². The van der Waals surface area contributed by atoms with Gasteiger partial charge in [0.1, 0.15) is 11.9 Å². The SMILES string of the molecule is CS(=O)(=O)c1ccc(CCNc2ccc(Cl)c(C#N)n2)cc1. The standard InChI is InChI=1S/C15H14ClN3O2S/c1-22(20,21)12-4-2-11(3-5-12)8-9-18-15-7-6-13(16)14(10-17)19-15/h2-7H,8-9H2,1H3,(H,18,19). The molecule has 0 spiro atoms. The van der Waals surface area contributed by atoms with E-state index >= 15 is 0 Å². The zero-order valence-electron chi connectivity index (χ0n) is 11.9. The minimum atomic E-state index is -3.16. The van der Waals surface area contributed by atoms with Gasteiger partial charge in [0.2, 0.25) is 0 Å². The summed E-state index contributed by atoms with van der Waals surface area (Å²) in [6, 6.07) is 12.0. The topological polar surface area (TPSA) is 82.9 Å². The summed E-state index contributed by atoms with van der Waals surface area (Å²) in [5.41, 5.74) is 1.19. The molecule has 7 heteroatoms. The average molecular weight is 336 g/mol. The number of anilines is 1. The molecule has 0 aliphatic heterocycles. The molecule has 0 radical (unpaired) electrons. The van der Waals surface area contributed by atoms with Crippen LogP contribution in [-0.4, -0.2) is 26.2 Å². The van der Waals surface area contributed by atoms with Crippen LogP contribution < -0.4 is 5.32 Å². The Morgan fingerprint density at radius 3 is 2.50 bits per heavy atom. The predicted molar refractivity (Wildman–Crippen MR) is 85.7 cm³/mol. The number of halogens is 1. The molecule has 1 aromatic heterocycles. The lowest BCUT2D eigenvalue weighted by Crippen LogP contribution is -2.07. The molecule has 0 aliphatic carbocycles. The molecule has 5 nitrogen and oxygen atoms in total. The lowest BCUT2D eigenvalue weighted by atomic mass is 10.1. The van der Waals surface area contributed by atoms with Crippen molar-refractivity contribution >= 4 is 27.3 Å². The van der Waals surface area contributed by atoms with Gasteiger partial charge in [-0.25, -0.2) is 13.4 Å². The zero-order chi connectivity index (χ0) is 16.2. The van der Waals surface area contributed by atoms with Gasteiger partial charge in [0, 0.05) is 12.8 Å². The molecule has 0 fully saturated rings. The Morgan fingerprint density at radius 1 is 1.23 bits per heavy atom. The summed E-state index contributed by atoms with van der Waals surface area (Å²) >= 11 is 5.82. The number of aromatic nitrogens is 1. The van der Waals surface area contributed by atoms with Crippen LogP contribution in [0.25, 0.3) is 0 Å². The number of hydrogen-bond acceptors (Lipinski definition) is 5. The van der Waals surface area contributed by atoms with Crippen LogP contribution in [0, 0.1) is 11.3 Å². The molecule has 0 aliphatic rings. The molecule has 1 heterocycles. The molecular formula is C15H14ClN3O2S. The fraction of sp³-hybridized carbons (Fsp3) is 0.200. The summed E-state index contributed by atoms with van der Waals surface area (Å²) in [6.07, 6.45) is 1.89. The highest BCUT2D eigenvalue weighted by molar-refractivity contribution is 7.90. The second-order valence-electron chi connectivity index (χ2n) is 4.73. The monoisotopic (exact) mass is 335 g/mol. The van der Waals surface area contributed by atoms with Crippen LogP contribution in [0.5, 0.6) is 0 Å². The number of sulfone groups is 1. The largest absolute Gasteiger partial charge is 0.370 e. The van der Waals surface area contributed by atoms with Gasteiger partial charge in [0.15, 0.2) is 15.5 Å². The van der Waals surface area contributed by atoms with Gasteiger partial charge in [0.25, 0.3) is 0 Å². The Bertz CT molecular complexity index is 812. The van der Waals surface area contributed by atoms with Gasteiger partial charge < -0.3 is 5.32 Å². The molecule has 0 amide bonds. The average Bonchev–Trinajstić information content (AvgIpc) is 2.48. The molecule has 114 valence electrons. The Hall–Kier alpha value is -2.10. The lowest BCUT2D eigenvalue weighted by Gasteiger charge is -2.07. The summed E-state index contributed by atoms with van der Waals surface area (Å²) in [5.74, 6) is 0.578. The fourth-order valence-corrected chi connectivity index (χ4v) is 2.64. The van der Waals surface area contributed by atoms with Crippen molar-refractivity contribution < 1.29 is 8.42 Å². The molecule has 0 saturated carbocycles. The second-order valence-corrected chi connectivity index (χ2v) is 7.15. The van der Waals surface area contributed by atoms with Gasteiger partial charge in [-0.1, -0.05) is 23.7 Å². The van der Waals surface area contributed by atoms with Crippen LogP contribution in [-0.2, 0) is 16.3 Å². The summed E-state index contributed by atoms with van der Waals surface area (Å²) in [5, 5.41) is 12.3. The van der Waals surface area contributed by atoms with Gasteiger partial charge in [-0.05, 0) is 36.2 Å². The van der Waals surface area contributed by atoms with Gasteiger partial charge in [-0.2, -0.15) is 5.26 Å². The van der Waals surface area contributed by atoms with Crippen molar-refractivity contribution in [3.8, 4) is 6.07 Å². The van der Waals surface area contributed by atoms with E-state index in [1.165, 1.54) is 6.26 Å². The van der Waals surface area contributed by atoms with Crippen LogP contribution in [0.3, 0.4) is 0 Å². The number of nitrogens with one attached hydrogen (secondary N) is 1. The molecule has 2 aromatic rings. The van der Waals surface area contributed by atoms with Gasteiger partial charge >= 0.3 is 0 Å². The summed E-state index contributed by atoms with van der Waals surface area (Å²) in [7, 11) is -3.16. The normalized spacial score (nSPS) is 11.0. The molecule has 0 bridgehead atoms. The minimum absolute atomic E-state index is 0.184. The molecular weight excluding hydrogens is 322 g/mol. The summed E-state index contributed by atoms with van der Waals surface area (Å²) in [6.45, 7) is 0.609. The maximum atomic E-state index is 11.4. The Kier molecular flexibility index (Phi) is 5.01. The van der Waals surface area contributed by atoms with Crippen molar-refractivity contribution in [2.24, 2.45) is 0 Å². The third-order valence-electron chi connectivity index (χ3n) is 3.02. The molecule has 0 saturated heterocycles. The first-order valence-corrected chi connectivity index (χ1v) is 8.76. The van der Waals surface area contributed by atoms with E-state index < -0.39 is 9.84 Å². The van der Waals surface area contributed by atoms with E-state index in [1.54, 1.807) is 36.4 Å². The molecule has 22 heavy (non-hydrogen) atoms. The van der Waals surface area contributed by atoms with E-state index in [0.29, 0.717) is 28.7 Å². The van der Waals surface area contributed by atoms with Crippen LogP contribution in [0.4, 0.5) is 5.82 Å². The number of pyridine rings is 1. The first kappa shape index (κ1) is 16.3. The maximum Gasteiger partial charge on any atom is 0.175 e. The van der Waals surface area contributed by atoms with Crippen molar-refractivity contribution in [2.75, 3.05) is 18.1 Å². The number of nitrogens with zero attached hydrogens (tertiary/aromatic N) is 2. The first-order valence-electron chi connectivity index (χ1n) is 6.49. The Morgan fingerprint density at radius 2 is 1.91 bits per heavy atom. The number of benzene rings is 1. The van der Waals surface area contributed by atoms with Crippen molar-refractivity contribution in [1.29, 1.82) is 5.26 Å². The minimum Gasteiger partial charge on any atom is -0.370 e. The van der Waals surface area contributed by atoms with Crippen molar-refractivity contribution in [1.82, 2.24) is 4.98 Å². The van der Waals surface area contributed by atoms with Crippen LogP contribution in [0.15, 0.2) is 41.3 Å². The first-order chi connectivity index (χ1) is 10.4. The van der Waals surface area contributed by atoms with Crippen LogP contribution >= 0.6 is 11.6 Å². The van der Waals surface area contributed by atoms with E-state index in [9.17, 15) is 8.42 Å². The number of rotatable bonds is 5. The Balaban J connectivity index is 1.95. The highest BCUT2D eigenvalue weighted by atomic mass is 35.5. The van der Waals surface area contributed by atoms with Crippen LogP contribution in [0.1, 0.15) is 11.3 Å². The molecule has 1 N–H and O–H groups in total. The molecule has 2 rings (SSSR count). The zero-order valence-corrected chi connectivity index (χ0v) is 13.4. The summed E-state index contributed by atoms with van der Waals surface area (Å²) < 4.78 is 22.7. The molecule has 0 unspecified atom stereocenters. The van der Waals surface area contributed by atoms with Crippen molar-refractivity contribution in [3.05, 3.63) is 52.7 Å². The predicted octanol–water partition coefficient (Wildman–Crippen LogP) is 2.66. The van der Waals surface area contributed by atoms with Crippen molar-refractivity contribution in [2.45, 2.75) is 11.3 Å². The fourth-order valence-electron chi connectivity index (χ4n) is 1.86. The third kappa shape index (κ3) is 4.20. The number of hydrogen-bond donors (Lipinski definition) is 1. The third-order valence-corrected chi connectivity index (χ3v) is 4.46.